The van der Waals surface area contributed by atoms with Crippen molar-refractivity contribution in [2.45, 2.75) is 38.8 Å². The zero-order chi connectivity index (χ0) is 17.2. The fourth-order valence-corrected chi connectivity index (χ4v) is 3.27. The Bertz CT molecular complexity index is 863. The molecule has 3 heterocycles. The first-order valence-corrected chi connectivity index (χ1v) is 8.81. The van der Waals surface area contributed by atoms with Crippen molar-refractivity contribution in [3.05, 3.63) is 41.7 Å². The molecule has 7 nitrogen and oxygen atoms in total. The largest absolute Gasteiger partial charge is 0.391 e. The van der Waals surface area contributed by atoms with Crippen LogP contribution < -0.4 is 4.90 Å². The number of benzene rings is 1. The van der Waals surface area contributed by atoms with Crippen LogP contribution in [-0.4, -0.2) is 49.3 Å². The van der Waals surface area contributed by atoms with Gasteiger partial charge in [0, 0.05) is 19.5 Å². The van der Waals surface area contributed by atoms with E-state index in [9.17, 15) is 5.11 Å². The summed E-state index contributed by atoms with van der Waals surface area (Å²) in [5, 5.41) is 18.7. The highest BCUT2D eigenvalue weighted by atomic mass is 16.3. The molecule has 0 spiro atoms. The van der Waals surface area contributed by atoms with E-state index >= 15 is 0 Å². The molecule has 0 amide bonds. The number of aliphatic hydroxyl groups excluding tert-OH is 1. The van der Waals surface area contributed by atoms with Gasteiger partial charge in [0.05, 0.1) is 12.6 Å². The molecule has 25 heavy (non-hydrogen) atoms. The molecule has 4 rings (SSSR count). The van der Waals surface area contributed by atoms with Gasteiger partial charge in [-0.3, -0.25) is 0 Å². The first-order chi connectivity index (χ1) is 12.2. The van der Waals surface area contributed by atoms with E-state index in [-0.39, 0.29) is 6.10 Å². The third-order valence-electron chi connectivity index (χ3n) is 4.58. The van der Waals surface area contributed by atoms with Gasteiger partial charge in [-0.05, 0) is 18.4 Å². The number of β-amino-alcohol motifs (C(OH)–C–C–N with tert-alkyl or cyclic N) is 1. The summed E-state index contributed by atoms with van der Waals surface area (Å²) in [6.45, 7) is 4.12. The predicted molar refractivity (Wildman–Crippen MR) is 95.5 cm³/mol. The van der Waals surface area contributed by atoms with Gasteiger partial charge in [-0.2, -0.15) is 0 Å². The molecule has 7 heteroatoms. The van der Waals surface area contributed by atoms with E-state index in [0.29, 0.717) is 18.6 Å². The van der Waals surface area contributed by atoms with Gasteiger partial charge in [0.25, 0.3) is 0 Å². The number of hydrogen-bond donors (Lipinski definition) is 1. The van der Waals surface area contributed by atoms with Crippen LogP contribution in [-0.2, 0) is 13.0 Å². The first kappa shape index (κ1) is 16.0. The van der Waals surface area contributed by atoms with E-state index in [1.807, 2.05) is 29.8 Å². The van der Waals surface area contributed by atoms with Crippen molar-refractivity contribution in [1.82, 2.24) is 25.0 Å². The van der Waals surface area contributed by atoms with E-state index in [4.69, 9.17) is 0 Å². The molecule has 1 N–H and O–H groups in total. The summed E-state index contributed by atoms with van der Waals surface area (Å²) in [6.07, 6.45) is 2.22. The summed E-state index contributed by atoms with van der Waals surface area (Å²) < 4.78 is 1.83. The lowest BCUT2D eigenvalue weighted by Crippen LogP contribution is -2.39. The van der Waals surface area contributed by atoms with Crippen molar-refractivity contribution in [3.8, 4) is 0 Å². The maximum absolute atomic E-state index is 10.0. The fourth-order valence-electron chi connectivity index (χ4n) is 3.27. The van der Waals surface area contributed by atoms with Crippen molar-refractivity contribution >= 4 is 17.0 Å². The molecular formula is C18H22N6O. The van der Waals surface area contributed by atoms with E-state index in [0.717, 1.165) is 48.7 Å². The van der Waals surface area contributed by atoms with Crippen molar-refractivity contribution in [3.63, 3.8) is 0 Å². The van der Waals surface area contributed by atoms with Gasteiger partial charge in [0.1, 0.15) is 5.82 Å². The number of fused-ring (bicyclic) bond motifs is 1. The zero-order valence-corrected chi connectivity index (χ0v) is 14.3. The number of anilines is 1. The number of nitrogens with zero attached hydrogens (tertiary/aromatic N) is 6. The van der Waals surface area contributed by atoms with Gasteiger partial charge in [-0.1, -0.05) is 42.5 Å². The maximum atomic E-state index is 10.0. The number of aryl methyl sites for hydroxylation is 1. The summed E-state index contributed by atoms with van der Waals surface area (Å²) in [7, 11) is 0. The first-order valence-electron chi connectivity index (χ1n) is 8.81. The number of aliphatic hydroxyl groups is 1. The summed E-state index contributed by atoms with van der Waals surface area (Å²) >= 11 is 0. The smallest absolute Gasteiger partial charge is 0.184 e. The number of aromatic nitrogens is 5. The second-order valence-electron chi connectivity index (χ2n) is 6.46. The highest BCUT2D eigenvalue weighted by Crippen LogP contribution is 2.25. The van der Waals surface area contributed by atoms with Crippen LogP contribution in [0.15, 0.2) is 30.3 Å². The van der Waals surface area contributed by atoms with Crippen LogP contribution >= 0.6 is 0 Å². The Morgan fingerprint density at radius 1 is 1.20 bits per heavy atom. The minimum atomic E-state index is -0.316. The van der Waals surface area contributed by atoms with Crippen molar-refractivity contribution in [2.24, 2.45) is 0 Å². The molecule has 3 aromatic rings. The molecule has 1 saturated heterocycles. The monoisotopic (exact) mass is 338 g/mol. The molecule has 0 bridgehead atoms. The Balaban J connectivity index is 1.76. The normalized spacial score (nSPS) is 18.0. The molecule has 1 unspecified atom stereocenters. The standard InChI is InChI=1S/C18H22N6O/c1-2-15-19-17(23-10-6-9-14(25)12-23)16-18(20-15)24(22-21-16)11-13-7-4-3-5-8-13/h3-5,7-8,14,25H,2,6,9-12H2,1H3. The second kappa shape index (κ2) is 6.76. The van der Waals surface area contributed by atoms with Crippen LogP contribution in [0.25, 0.3) is 11.2 Å². The zero-order valence-electron chi connectivity index (χ0n) is 14.3. The minimum Gasteiger partial charge on any atom is -0.391 e. The lowest BCUT2D eigenvalue weighted by Gasteiger charge is -2.31. The Morgan fingerprint density at radius 3 is 2.80 bits per heavy atom. The SMILES string of the molecule is CCc1nc(N2CCCC(O)C2)c2nnn(Cc3ccccc3)c2n1. The quantitative estimate of drug-likeness (QED) is 0.781. The molecule has 0 aliphatic carbocycles. The molecule has 1 fully saturated rings. The van der Waals surface area contributed by atoms with Crippen LogP contribution in [0.4, 0.5) is 5.82 Å². The molecule has 1 aliphatic heterocycles. The van der Waals surface area contributed by atoms with Gasteiger partial charge >= 0.3 is 0 Å². The van der Waals surface area contributed by atoms with Crippen molar-refractivity contribution in [2.75, 3.05) is 18.0 Å². The van der Waals surface area contributed by atoms with Crippen LogP contribution in [0.5, 0.6) is 0 Å². The molecule has 1 aliphatic rings. The van der Waals surface area contributed by atoms with Gasteiger partial charge in [-0.15, -0.1) is 5.10 Å². The Labute approximate surface area is 146 Å². The highest BCUT2D eigenvalue weighted by Gasteiger charge is 2.24. The summed E-state index contributed by atoms with van der Waals surface area (Å²) in [4.78, 5) is 11.5. The Kier molecular flexibility index (Phi) is 4.31. The predicted octanol–water partition coefficient (Wildman–Crippen LogP) is 1.79. The lowest BCUT2D eigenvalue weighted by molar-refractivity contribution is 0.154. The van der Waals surface area contributed by atoms with E-state index in [2.05, 4.69) is 37.3 Å². The van der Waals surface area contributed by atoms with Crippen LogP contribution in [0.2, 0.25) is 0 Å². The third-order valence-corrected chi connectivity index (χ3v) is 4.58. The van der Waals surface area contributed by atoms with E-state index < -0.39 is 0 Å². The molecule has 0 saturated carbocycles. The molecule has 1 aromatic carbocycles. The van der Waals surface area contributed by atoms with Crippen molar-refractivity contribution < 1.29 is 5.11 Å². The Hall–Kier alpha value is -2.54. The fraction of sp³-hybridized carbons (Fsp3) is 0.444. The van der Waals surface area contributed by atoms with Crippen molar-refractivity contribution in [1.29, 1.82) is 0 Å². The maximum Gasteiger partial charge on any atom is 0.184 e. The Morgan fingerprint density at radius 2 is 2.04 bits per heavy atom. The average Bonchev–Trinajstić information content (AvgIpc) is 3.04. The minimum absolute atomic E-state index is 0.316. The van der Waals surface area contributed by atoms with Gasteiger partial charge in [0.2, 0.25) is 0 Å². The summed E-state index contributed by atoms with van der Waals surface area (Å²) in [6, 6.07) is 10.2. The number of piperidine rings is 1. The third kappa shape index (κ3) is 3.19. The van der Waals surface area contributed by atoms with Crippen LogP contribution in [0, 0.1) is 0 Å². The van der Waals surface area contributed by atoms with Gasteiger partial charge in [0.15, 0.2) is 17.0 Å². The van der Waals surface area contributed by atoms with Crippen LogP contribution in [0.1, 0.15) is 31.2 Å². The highest BCUT2D eigenvalue weighted by molar-refractivity contribution is 5.83. The van der Waals surface area contributed by atoms with E-state index in [1.54, 1.807) is 0 Å². The molecular weight excluding hydrogens is 316 g/mol. The summed E-state index contributed by atoms with van der Waals surface area (Å²) in [5.41, 5.74) is 2.62. The van der Waals surface area contributed by atoms with E-state index in [1.165, 1.54) is 0 Å². The lowest BCUT2D eigenvalue weighted by atomic mass is 10.1. The number of rotatable bonds is 4. The number of hydrogen-bond acceptors (Lipinski definition) is 6. The topological polar surface area (TPSA) is 80.0 Å². The molecule has 1 atom stereocenters. The van der Waals surface area contributed by atoms with Crippen LogP contribution in [0.3, 0.4) is 0 Å². The second-order valence-corrected chi connectivity index (χ2v) is 6.46. The summed E-state index contributed by atoms with van der Waals surface area (Å²) in [5.74, 6) is 1.57. The van der Waals surface area contributed by atoms with Gasteiger partial charge < -0.3 is 10.0 Å². The average molecular weight is 338 g/mol. The molecule has 2 aromatic heterocycles. The van der Waals surface area contributed by atoms with Gasteiger partial charge in [-0.25, -0.2) is 14.6 Å². The molecule has 0 radical (unpaired) electrons. The molecule has 130 valence electrons.